The lowest BCUT2D eigenvalue weighted by atomic mass is 10.1. The molecule has 2 aromatic heterocycles. The van der Waals surface area contributed by atoms with Crippen LogP contribution in [-0.4, -0.2) is 24.6 Å². The maximum atomic E-state index is 14.6. The van der Waals surface area contributed by atoms with E-state index in [0.717, 1.165) is 18.5 Å². The summed E-state index contributed by atoms with van der Waals surface area (Å²) in [6.07, 6.45) is 5.21. The van der Waals surface area contributed by atoms with Crippen molar-refractivity contribution in [3.63, 3.8) is 0 Å². The number of nitrogens with zero attached hydrogens (tertiary/aromatic N) is 3. The average molecular weight is 402 g/mol. The Morgan fingerprint density at radius 1 is 1.32 bits per heavy atom. The smallest absolute Gasteiger partial charge is 0.277 e. The number of hydrogen-bond donors (Lipinski definition) is 1. The first-order valence-electron chi connectivity index (χ1n) is 9.30. The van der Waals surface area contributed by atoms with Crippen LogP contribution in [0.2, 0.25) is 0 Å². The first-order chi connectivity index (χ1) is 13.1. The van der Waals surface area contributed by atoms with Gasteiger partial charge in [-0.2, -0.15) is 9.61 Å². The summed E-state index contributed by atoms with van der Waals surface area (Å²) in [6, 6.07) is 6.17. The standard InChI is InChI=1S/C20H23FN4O2S/c1-12(2)16-11-24(10-14-6-7-15(8-17(14)21)28(3,22)27)19-9-18(13-4-5-13)23-25(19)20(16)26/h6-9,11-13,22H,4-5,10H2,1-3H3/t28-/m0/s1. The first-order valence-corrected chi connectivity index (χ1v) is 11.3. The molecule has 4 rings (SSSR count). The van der Waals surface area contributed by atoms with Crippen LogP contribution < -0.4 is 5.56 Å². The minimum Gasteiger partial charge on any atom is -0.328 e. The Balaban J connectivity index is 1.84. The molecule has 0 bridgehead atoms. The average Bonchev–Trinajstić information content (AvgIpc) is 3.36. The molecule has 3 aromatic rings. The molecule has 2 heterocycles. The predicted octanol–water partition coefficient (Wildman–Crippen LogP) is 3.72. The highest BCUT2D eigenvalue weighted by Crippen LogP contribution is 2.39. The van der Waals surface area contributed by atoms with E-state index in [2.05, 4.69) is 5.10 Å². The van der Waals surface area contributed by atoms with Gasteiger partial charge < -0.3 is 4.57 Å². The van der Waals surface area contributed by atoms with Gasteiger partial charge in [0.2, 0.25) is 0 Å². The van der Waals surface area contributed by atoms with E-state index in [1.54, 1.807) is 12.3 Å². The Morgan fingerprint density at radius 3 is 2.61 bits per heavy atom. The summed E-state index contributed by atoms with van der Waals surface area (Å²) < 4.78 is 37.4. The van der Waals surface area contributed by atoms with E-state index < -0.39 is 15.5 Å². The molecular formula is C20H23FN4O2S. The minimum atomic E-state index is -2.97. The molecule has 0 spiro atoms. The zero-order valence-electron chi connectivity index (χ0n) is 16.1. The van der Waals surface area contributed by atoms with Crippen LogP contribution in [0.25, 0.3) is 5.65 Å². The highest BCUT2D eigenvalue weighted by molar-refractivity contribution is 7.91. The van der Waals surface area contributed by atoms with Crippen LogP contribution in [0, 0.1) is 10.6 Å². The van der Waals surface area contributed by atoms with E-state index in [0.29, 0.717) is 22.7 Å². The van der Waals surface area contributed by atoms with Crippen LogP contribution in [0.5, 0.6) is 0 Å². The number of fused-ring (bicyclic) bond motifs is 1. The second kappa shape index (κ2) is 6.55. The third-order valence-corrected chi connectivity index (χ3v) is 6.32. The van der Waals surface area contributed by atoms with Gasteiger partial charge in [0.1, 0.15) is 11.5 Å². The molecule has 0 unspecified atom stereocenters. The fourth-order valence-corrected chi connectivity index (χ4v) is 3.99. The second-order valence-corrected chi connectivity index (χ2v) is 10.0. The van der Waals surface area contributed by atoms with Crippen LogP contribution in [0.4, 0.5) is 4.39 Å². The summed E-state index contributed by atoms with van der Waals surface area (Å²) >= 11 is 0. The van der Waals surface area contributed by atoms with Gasteiger partial charge in [0.15, 0.2) is 0 Å². The van der Waals surface area contributed by atoms with Gasteiger partial charge in [-0.1, -0.05) is 19.9 Å². The van der Waals surface area contributed by atoms with Crippen molar-refractivity contribution in [2.45, 2.75) is 50.0 Å². The summed E-state index contributed by atoms with van der Waals surface area (Å²) in [6.45, 7) is 4.10. The molecule has 0 saturated heterocycles. The quantitative estimate of drug-likeness (QED) is 0.706. The summed E-state index contributed by atoms with van der Waals surface area (Å²) in [5.41, 5.74) is 2.44. The second-order valence-electron chi connectivity index (χ2n) is 7.88. The lowest BCUT2D eigenvalue weighted by Gasteiger charge is -2.14. The highest BCUT2D eigenvalue weighted by Gasteiger charge is 2.27. The van der Waals surface area contributed by atoms with E-state index in [1.165, 1.54) is 22.9 Å². The zero-order valence-corrected chi connectivity index (χ0v) is 16.9. The van der Waals surface area contributed by atoms with E-state index in [4.69, 9.17) is 4.78 Å². The third kappa shape index (κ3) is 3.37. The van der Waals surface area contributed by atoms with E-state index in [-0.39, 0.29) is 22.9 Å². The summed E-state index contributed by atoms with van der Waals surface area (Å²) in [4.78, 5) is 13.0. The molecule has 1 aliphatic carbocycles. The maximum Gasteiger partial charge on any atom is 0.277 e. The summed E-state index contributed by atoms with van der Waals surface area (Å²) in [5, 5.41) is 4.52. The van der Waals surface area contributed by atoms with Gasteiger partial charge in [-0.05, 0) is 30.9 Å². The molecule has 1 aliphatic rings. The van der Waals surface area contributed by atoms with Crippen molar-refractivity contribution in [3.05, 3.63) is 63.5 Å². The van der Waals surface area contributed by atoms with Gasteiger partial charge in [0, 0.05) is 40.5 Å². The summed E-state index contributed by atoms with van der Waals surface area (Å²) in [5.74, 6) is -0.0951. The van der Waals surface area contributed by atoms with Crippen LogP contribution in [0.15, 0.2) is 40.2 Å². The monoisotopic (exact) mass is 402 g/mol. The lowest BCUT2D eigenvalue weighted by molar-refractivity contribution is 0.593. The number of halogens is 1. The molecule has 0 radical (unpaired) electrons. The van der Waals surface area contributed by atoms with Crippen molar-refractivity contribution in [1.29, 1.82) is 4.78 Å². The molecule has 1 fully saturated rings. The number of rotatable bonds is 5. The minimum absolute atomic E-state index is 0.0111. The molecule has 8 heteroatoms. The molecule has 28 heavy (non-hydrogen) atoms. The molecule has 148 valence electrons. The molecule has 1 atom stereocenters. The molecule has 0 amide bonds. The molecule has 1 N–H and O–H groups in total. The normalized spacial score (nSPS) is 16.6. The van der Waals surface area contributed by atoms with Gasteiger partial charge in [-0.25, -0.2) is 13.4 Å². The van der Waals surface area contributed by atoms with Crippen molar-refractivity contribution in [1.82, 2.24) is 14.2 Å². The number of nitrogens with one attached hydrogen (secondary N) is 1. The third-order valence-electron chi connectivity index (χ3n) is 5.17. The maximum absolute atomic E-state index is 14.6. The van der Waals surface area contributed by atoms with Crippen molar-refractivity contribution in [2.75, 3.05) is 6.26 Å². The molecular weight excluding hydrogens is 379 g/mol. The fraction of sp³-hybridized carbons (Fsp3) is 0.400. The van der Waals surface area contributed by atoms with Gasteiger partial charge in [0.05, 0.1) is 22.0 Å². The van der Waals surface area contributed by atoms with Crippen LogP contribution >= 0.6 is 0 Å². The largest absolute Gasteiger partial charge is 0.328 e. The predicted molar refractivity (Wildman–Crippen MR) is 106 cm³/mol. The highest BCUT2D eigenvalue weighted by atomic mass is 32.2. The molecule has 1 aromatic carbocycles. The number of benzene rings is 1. The van der Waals surface area contributed by atoms with Crippen LogP contribution in [0.3, 0.4) is 0 Å². The Kier molecular flexibility index (Phi) is 4.41. The van der Waals surface area contributed by atoms with Gasteiger partial charge in [0.25, 0.3) is 5.56 Å². The number of hydrogen-bond acceptors (Lipinski definition) is 4. The van der Waals surface area contributed by atoms with E-state index in [1.807, 2.05) is 24.5 Å². The van der Waals surface area contributed by atoms with Crippen LogP contribution in [0.1, 0.15) is 55.3 Å². The summed E-state index contributed by atoms with van der Waals surface area (Å²) in [7, 11) is -2.97. The topological polar surface area (TPSA) is 80.2 Å². The molecule has 1 saturated carbocycles. The van der Waals surface area contributed by atoms with Crippen molar-refractivity contribution in [3.8, 4) is 0 Å². The van der Waals surface area contributed by atoms with Gasteiger partial charge in [-0.3, -0.25) is 4.79 Å². The van der Waals surface area contributed by atoms with E-state index >= 15 is 0 Å². The Hall–Kier alpha value is -2.48. The lowest BCUT2D eigenvalue weighted by Crippen LogP contribution is -2.24. The first kappa shape index (κ1) is 18.9. The van der Waals surface area contributed by atoms with Gasteiger partial charge in [-0.15, -0.1) is 0 Å². The Bertz CT molecular complexity index is 1240. The Morgan fingerprint density at radius 2 is 2.04 bits per heavy atom. The van der Waals surface area contributed by atoms with Crippen molar-refractivity contribution < 1.29 is 8.60 Å². The zero-order chi connectivity index (χ0) is 20.2. The van der Waals surface area contributed by atoms with E-state index in [9.17, 15) is 13.4 Å². The SMILES string of the molecule is CC(C)c1cn(Cc2ccc([S@@](C)(=N)=O)cc2F)c2cc(C3CC3)nn2c1=O. The number of aromatic nitrogens is 3. The molecule has 6 nitrogen and oxygen atoms in total. The fourth-order valence-electron chi connectivity index (χ4n) is 3.34. The van der Waals surface area contributed by atoms with Crippen molar-refractivity contribution in [2.24, 2.45) is 0 Å². The van der Waals surface area contributed by atoms with Gasteiger partial charge >= 0.3 is 0 Å². The molecule has 0 aliphatic heterocycles. The van der Waals surface area contributed by atoms with Crippen LogP contribution in [-0.2, 0) is 16.3 Å². The van der Waals surface area contributed by atoms with Crippen molar-refractivity contribution >= 4 is 15.4 Å². The Labute approximate surface area is 163 Å².